The van der Waals surface area contributed by atoms with E-state index in [0.29, 0.717) is 0 Å². The lowest BCUT2D eigenvalue weighted by atomic mass is 10.0. The molecule has 0 heterocycles. The van der Waals surface area contributed by atoms with Gasteiger partial charge in [-0.3, -0.25) is 0 Å². The standard InChI is InChI=1S/C55H50O4P2/c1-56-52-18-9-5-14-48(52)40-22-30-44(31-23-40)60(45-32-24-41(25-33-45)49-15-6-10-19-53(49)57-2)38-13-39-61(46-34-26-42(27-35-46)50-16-7-11-20-54(50)58-3)47-36-28-43(29-37-47)51-17-8-12-21-55(51)59-4/h5-12,14-37H,13,38-39H2,1-4H3. The molecule has 0 unspecified atom stereocenters. The summed E-state index contributed by atoms with van der Waals surface area (Å²) in [5.74, 6) is 3.52. The van der Waals surface area contributed by atoms with Crippen LogP contribution in [0.25, 0.3) is 44.5 Å². The van der Waals surface area contributed by atoms with E-state index in [-0.39, 0.29) is 0 Å². The lowest BCUT2D eigenvalue weighted by molar-refractivity contribution is 0.416. The van der Waals surface area contributed by atoms with Crippen LogP contribution in [-0.2, 0) is 0 Å². The molecular formula is C55H50O4P2. The van der Waals surface area contributed by atoms with Crippen molar-refractivity contribution in [1.82, 2.24) is 0 Å². The Morgan fingerprint density at radius 2 is 0.492 bits per heavy atom. The van der Waals surface area contributed by atoms with Crippen molar-refractivity contribution < 1.29 is 18.9 Å². The van der Waals surface area contributed by atoms with Gasteiger partial charge in [0.1, 0.15) is 23.0 Å². The molecule has 8 aromatic carbocycles. The van der Waals surface area contributed by atoms with Crippen LogP contribution in [0.5, 0.6) is 23.0 Å². The predicted octanol–water partition coefficient (Wildman–Crippen LogP) is 12.3. The predicted molar refractivity (Wildman–Crippen MR) is 260 cm³/mol. The van der Waals surface area contributed by atoms with Crippen LogP contribution in [0.4, 0.5) is 0 Å². The summed E-state index contributed by atoms with van der Waals surface area (Å²) in [5.41, 5.74) is 9.00. The molecule has 6 heteroatoms. The summed E-state index contributed by atoms with van der Waals surface area (Å²) in [5, 5.41) is 5.46. The number of rotatable bonds is 16. The number of methoxy groups -OCH3 is 4. The van der Waals surface area contributed by atoms with Gasteiger partial charge in [-0.2, -0.15) is 0 Å². The second-order valence-electron chi connectivity index (χ2n) is 14.6. The van der Waals surface area contributed by atoms with Crippen LogP contribution in [0.1, 0.15) is 6.42 Å². The molecule has 0 N–H and O–H groups in total. The molecule has 4 nitrogen and oxygen atoms in total. The van der Waals surface area contributed by atoms with Gasteiger partial charge in [0.2, 0.25) is 0 Å². The summed E-state index contributed by atoms with van der Waals surface area (Å²) < 4.78 is 22.9. The van der Waals surface area contributed by atoms with Gasteiger partial charge >= 0.3 is 0 Å². The van der Waals surface area contributed by atoms with Crippen LogP contribution >= 0.6 is 15.8 Å². The fourth-order valence-electron chi connectivity index (χ4n) is 8.02. The Morgan fingerprint density at radius 3 is 0.705 bits per heavy atom. The second-order valence-corrected chi connectivity index (χ2v) is 19.3. The minimum atomic E-state index is -0.667. The maximum absolute atomic E-state index is 5.72. The molecule has 0 aliphatic carbocycles. The zero-order valence-electron chi connectivity index (χ0n) is 35.1. The molecule has 0 aromatic heterocycles. The summed E-state index contributed by atoms with van der Waals surface area (Å²) in [6, 6.07) is 69.6. The number of para-hydroxylation sites is 4. The second kappa shape index (κ2) is 19.9. The summed E-state index contributed by atoms with van der Waals surface area (Å²) in [7, 11) is 5.61. The summed E-state index contributed by atoms with van der Waals surface area (Å²) >= 11 is 0. The van der Waals surface area contributed by atoms with Crippen LogP contribution in [0, 0.1) is 0 Å². The third kappa shape index (κ3) is 9.43. The molecule has 0 fully saturated rings. The lowest BCUT2D eigenvalue weighted by Gasteiger charge is -2.23. The Hall–Kier alpha value is -6.18. The van der Waals surface area contributed by atoms with Gasteiger partial charge in [-0.1, -0.05) is 170 Å². The average Bonchev–Trinajstić information content (AvgIpc) is 3.34. The maximum Gasteiger partial charge on any atom is 0.126 e. The van der Waals surface area contributed by atoms with Crippen molar-refractivity contribution in [3.63, 3.8) is 0 Å². The van der Waals surface area contributed by atoms with Gasteiger partial charge < -0.3 is 18.9 Å². The van der Waals surface area contributed by atoms with E-state index in [2.05, 4.69) is 146 Å². The molecule has 0 amide bonds. The van der Waals surface area contributed by atoms with Gasteiger partial charge in [0.05, 0.1) is 28.4 Å². The van der Waals surface area contributed by atoms with Gasteiger partial charge in [-0.05, 0) is 102 Å². The number of benzene rings is 8. The van der Waals surface area contributed by atoms with E-state index in [9.17, 15) is 0 Å². The van der Waals surface area contributed by atoms with Crippen molar-refractivity contribution in [3.8, 4) is 67.5 Å². The highest BCUT2D eigenvalue weighted by molar-refractivity contribution is 7.74. The van der Waals surface area contributed by atoms with Crippen LogP contribution in [0.2, 0.25) is 0 Å². The monoisotopic (exact) mass is 836 g/mol. The van der Waals surface area contributed by atoms with E-state index in [1.54, 1.807) is 28.4 Å². The van der Waals surface area contributed by atoms with Crippen LogP contribution in [0.3, 0.4) is 0 Å². The Labute approximate surface area is 363 Å². The summed E-state index contributed by atoms with van der Waals surface area (Å²) in [6.07, 6.45) is 3.20. The lowest BCUT2D eigenvalue weighted by Crippen LogP contribution is -2.17. The third-order valence-corrected chi connectivity index (χ3v) is 16.4. The fraction of sp³-hybridized carbons (Fsp3) is 0.127. The number of hydrogen-bond acceptors (Lipinski definition) is 4. The molecule has 61 heavy (non-hydrogen) atoms. The van der Waals surface area contributed by atoms with Crippen molar-refractivity contribution in [2.24, 2.45) is 0 Å². The Kier molecular flexibility index (Phi) is 13.6. The zero-order valence-corrected chi connectivity index (χ0v) is 36.9. The van der Waals surface area contributed by atoms with Crippen molar-refractivity contribution in [2.45, 2.75) is 6.42 Å². The van der Waals surface area contributed by atoms with Crippen molar-refractivity contribution >= 4 is 37.1 Å². The average molecular weight is 837 g/mol. The summed E-state index contributed by atoms with van der Waals surface area (Å²) in [4.78, 5) is 0. The smallest absolute Gasteiger partial charge is 0.126 e. The molecule has 0 saturated heterocycles. The largest absolute Gasteiger partial charge is 0.496 e. The first-order chi connectivity index (χ1) is 30.1. The van der Waals surface area contributed by atoms with Crippen LogP contribution < -0.4 is 40.2 Å². The van der Waals surface area contributed by atoms with E-state index in [1.807, 2.05) is 48.5 Å². The minimum Gasteiger partial charge on any atom is -0.496 e. The van der Waals surface area contributed by atoms with Gasteiger partial charge in [0, 0.05) is 22.3 Å². The van der Waals surface area contributed by atoms with E-state index >= 15 is 0 Å². The number of hydrogen-bond donors (Lipinski definition) is 0. The maximum atomic E-state index is 5.72. The molecule has 0 bridgehead atoms. The molecule has 8 aromatic rings. The Bertz CT molecular complexity index is 2290. The topological polar surface area (TPSA) is 36.9 Å². The van der Waals surface area contributed by atoms with E-state index < -0.39 is 15.8 Å². The van der Waals surface area contributed by atoms with E-state index in [1.165, 1.54) is 21.2 Å². The molecular weight excluding hydrogens is 787 g/mol. The number of ether oxygens (including phenoxy) is 4. The highest BCUT2D eigenvalue weighted by Crippen LogP contribution is 2.42. The molecule has 0 atom stereocenters. The molecule has 8 rings (SSSR count). The minimum absolute atomic E-state index is 0.667. The first-order valence-corrected chi connectivity index (χ1v) is 23.6. The quantitative estimate of drug-likeness (QED) is 0.0909. The highest BCUT2D eigenvalue weighted by atomic mass is 31.1. The van der Waals surface area contributed by atoms with Crippen molar-refractivity contribution in [1.29, 1.82) is 0 Å². The van der Waals surface area contributed by atoms with Crippen molar-refractivity contribution in [2.75, 3.05) is 40.8 Å². The van der Waals surface area contributed by atoms with E-state index in [0.717, 1.165) is 86.3 Å². The Morgan fingerprint density at radius 1 is 0.279 bits per heavy atom. The fourth-order valence-corrected chi connectivity index (χ4v) is 12.9. The normalized spacial score (nSPS) is 11.1. The third-order valence-electron chi connectivity index (χ3n) is 11.2. The van der Waals surface area contributed by atoms with Gasteiger partial charge in [0.25, 0.3) is 0 Å². The van der Waals surface area contributed by atoms with Gasteiger partial charge in [-0.25, -0.2) is 0 Å². The van der Waals surface area contributed by atoms with Crippen LogP contribution in [-0.4, -0.2) is 40.8 Å². The molecule has 0 aliphatic rings. The molecule has 0 radical (unpaired) electrons. The highest BCUT2D eigenvalue weighted by Gasteiger charge is 2.20. The molecule has 0 aliphatic heterocycles. The Balaban J connectivity index is 1.12. The van der Waals surface area contributed by atoms with Crippen molar-refractivity contribution in [3.05, 3.63) is 194 Å². The summed E-state index contributed by atoms with van der Waals surface area (Å²) in [6.45, 7) is 0. The van der Waals surface area contributed by atoms with Gasteiger partial charge in [-0.15, -0.1) is 0 Å². The first-order valence-electron chi connectivity index (χ1n) is 20.6. The first kappa shape index (κ1) is 41.5. The molecule has 304 valence electrons. The van der Waals surface area contributed by atoms with Crippen LogP contribution in [0.15, 0.2) is 194 Å². The molecule has 0 saturated carbocycles. The van der Waals surface area contributed by atoms with Gasteiger partial charge in [0.15, 0.2) is 0 Å². The molecule has 0 spiro atoms. The SMILES string of the molecule is COc1ccccc1-c1ccc(P(CCCP(c2ccc(-c3ccccc3OC)cc2)c2ccc(-c3ccccc3OC)cc2)c2ccc(-c3ccccc3OC)cc2)cc1. The zero-order chi connectivity index (χ0) is 42.0. The van der Waals surface area contributed by atoms with E-state index in [4.69, 9.17) is 18.9 Å².